The normalized spacial score (nSPS) is 33.5. The summed E-state index contributed by atoms with van der Waals surface area (Å²) >= 11 is 0. The predicted molar refractivity (Wildman–Crippen MR) is 139 cm³/mol. The molecule has 15 heteroatoms. The molecule has 0 spiro atoms. The van der Waals surface area contributed by atoms with Crippen LogP contribution in [0.4, 0.5) is 0 Å². The Labute approximate surface area is 236 Å². The number of fused-ring (bicyclic) bond motifs is 1. The van der Waals surface area contributed by atoms with Crippen LogP contribution in [0.2, 0.25) is 0 Å². The van der Waals surface area contributed by atoms with E-state index in [0.717, 1.165) is 6.07 Å². The van der Waals surface area contributed by atoms with Crippen molar-refractivity contribution in [2.24, 2.45) is 0 Å². The molecule has 3 heterocycles. The van der Waals surface area contributed by atoms with Gasteiger partial charge in [0.2, 0.25) is 17.5 Å². The van der Waals surface area contributed by atoms with E-state index in [1.54, 1.807) is 0 Å². The Bertz CT molecular complexity index is 1470. The first-order valence-corrected chi connectivity index (χ1v) is 12.9. The van der Waals surface area contributed by atoms with Crippen LogP contribution >= 0.6 is 0 Å². The minimum atomic E-state index is -1.80. The molecule has 0 saturated carbocycles. The van der Waals surface area contributed by atoms with Gasteiger partial charge in [0.15, 0.2) is 12.1 Å². The van der Waals surface area contributed by atoms with Crippen molar-refractivity contribution in [1.82, 2.24) is 0 Å². The van der Waals surface area contributed by atoms with Crippen LogP contribution in [-0.2, 0) is 14.2 Å². The zero-order valence-corrected chi connectivity index (χ0v) is 21.9. The minimum Gasteiger partial charge on any atom is -0.508 e. The molecule has 0 bridgehead atoms. The van der Waals surface area contributed by atoms with Gasteiger partial charge in [-0.05, 0) is 31.2 Å². The maximum absolute atomic E-state index is 12.8. The van der Waals surface area contributed by atoms with Gasteiger partial charge in [0.1, 0.15) is 70.9 Å². The molecule has 2 saturated heterocycles. The van der Waals surface area contributed by atoms with E-state index in [2.05, 4.69) is 0 Å². The van der Waals surface area contributed by atoms with E-state index in [0.29, 0.717) is 0 Å². The minimum absolute atomic E-state index is 0.0647. The largest absolute Gasteiger partial charge is 0.508 e. The average molecular weight is 595 g/mol. The van der Waals surface area contributed by atoms with Crippen molar-refractivity contribution in [3.05, 3.63) is 46.6 Å². The number of aliphatic hydroxyl groups excluding tert-OH is 6. The summed E-state index contributed by atoms with van der Waals surface area (Å²) in [6, 6.07) is 7.55. The monoisotopic (exact) mass is 594 g/mol. The number of ether oxygens (including phenoxy) is 4. The van der Waals surface area contributed by atoms with Crippen LogP contribution in [0.15, 0.2) is 45.6 Å². The van der Waals surface area contributed by atoms with Gasteiger partial charge in [-0.3, -0.25) is 4.79 Å². The van der Waals surface area contributed by atoms with E-state index in [4.69, 9.17) is 23.4 Å². The van der Waals surface area contributed by atoms with Crippen molar-refractivity contribution < 1.29 is 69.3 Å². The van der Waals surface area contributed by atoms with Gasteiger partial charge in [-0.2, -0.15) is 0 Å². The van der Waals surface area contributed by atoms with Crippen molar-refractivity contribution in [2.75, 3.05) is 6.61 Å². The lowest BCUT2D eigenvalue weighted by molar-refractivity contribution is -0.318. The third-order valence-corrected chi connectivity index (χ3v) is 7.21. The van der Waals surface area contributed by atoms with Gasteiger partial charge in [-0.1, -0.05) is 0 Å². The average Bonchev–Trinajstić information content (AvgIpc) is 2.96. The van der Waals surface area contributed by atoms with E-state index in [1.807, 2.05) is 0 Å². The van der Waals surface area contributed by atoms with Crippen LogP contribution in [0.5, 0.6) is 23.0 Å². The fraction of sp³-hybridized carbons (Fsp3) is 0.444. The lowest BCUT2D eigenvalue weighted by Gasteiger charge is -2.42. The Morgan fingerprint density at radius 3 is 2.12 bits per heavy atom. The number of aliphatic hydroxyl groups is 6. The maximum atomic E-state index is 12.8. The zero-order chi connectivity index (χ0) is 30.5. The van der Waals surface area contributed by atoms with Crippen LogP contribution in [0.25, 0.3) is 22.3 Å². The number of benzene rings is 2. The molecule has 9 N–H and O–H groups in total. The SMILES string of the molecule is CC1OC(OCC2OC(Oc3cc(O)c4c(=O)c(O)c(-c5ccc(O)cc5)oc4c3)C(O)C(O)C2O)C(O)C(O)C1O. The first-order valence-electron chi connectivity index (χ1n) is 12.9. The first kappa shape index (κ1) is 30.0. The fourth-order valence-electron chi connectivity index (χ4n) is 4.77. The molecular formula is C27H30O15. The van der Waals surface area contributed by atoms with Gasteiger partial charge in [0.05, 0.1) is 12.7 Å². The number of rotatable bonds is 6. The van der Waals surface area contributed by atoms with Gasteiger partial charge >= 0.3 is 0 Å². The molecule has 228 valence electrons. The highest BCUT2D eigenvalue weighted by atomic mass is 16.7. The molecule has 42 heavy (non-hydrogen) atoms. The second-order valence-electron chi connectivity index (χ2n) is 10.1. The highest BCUT2D eigenvalue weighted by molar-refractivity contribution is 5.88. The number of phenolic OH excluding ortho intramolecular Hbond substituents is 2. The fourth-order valence-corrected chi connectivity index (χ4v) is 4.77. The van der Waals surface area contributed by atoms with Gasteiger partial charge < -0.3 is 69.3 Å². The Morgan fingerprint density at radius 2 is 1.43 bits per heavy atom. The smallest absolute Gasteiger partial charge is 0.238 e. The number of phenols is 2. The second-order valence-corrected chi connectivity index (χ2v) is 10.1. The molecule has 2 aliphatic heterocycles. The molecule has 15 nitrogen and oxygen atoms in total. The molecule has 5 rings (SSSR count). The lowest BCUT2D eigenvalue weighted by atomic mass is 9.98. The van der Waals surface area contributed by atoms with Crippen LogP contribution in [0.3, 0.4) is 0 Å². The first-order chi connectivity index (χ1) is 19.9. The van der Waals surface area contributed by atoms with Crippen LogP contribution in [0, 0.1) is 0 Å². The quantitative estimate of drug-likeness (QED) is 0.159. The summed E-state index contributed by atoms with van der Waals surface area (Å²) in [6.07, 6.45) is -15.2. The zero-order valence-electron chi connectivity index (χ0n) is 21.9. The van der Waals surface area contributed by atoms with Gasteiger partial charge in [-0.25, -0.2) is 0 Å². The molecule has 0 radical (unpaired) electrons. The molecular weight excluding hydrogens is 564 g/mol. The Morgan fingerprint density at radius 1 is 0.786 bits per heavy atom. The summed E-state index contributed by atoms with van der Waals surface area (Å²) in [5.41, 5.74) is -0.934. The maximum Gasteiger partial charge on any atom is 0.238 e. The highest BCUT2D eigenvalue weighted by Crippen LogP contribution is 2.37. The van der Waals surface area contributed by atoms with E-state index < -0.39 is 84.9 Å². The highest BCUT2D eigenvalue weighted by Gasteiger charge is 2.47. The van der Waals surface area contributed by atoms with E-state index in [1.165, 1.54) is 37.3 Å². The van der Waals surface area contributed by atoms with Gasteiger partial charge in [0.25, 0.3) is 0 Å². The van der Waals surface area contributed by atoms with Crippen molar-refractivity contribution in [2.45, 2.75) is 68.3 Å². The predicted octanol–water partition coefficient (Wildman–Crippen LogP) is -1.39. The molecule has 3 aromatic rings. The summed E-state index contributed by atoms with van der Waals surface area (Å²) in [6.45, 7) is 0.928. The third-order valence-electron chi connectivity index (χ3n) is 7.21. The van der Waals surface area contributed by atoms with E-state index in [-0.39, 0.29) is 33.8 Å². The van der Waals surface area contributed by atoms with Crippen molar-refractivity contribution in [3.63, 3.8) is 0 Å². The third kappa shape index (κ3) is 5.49. The summed E-state index contributed by atoms with van der Waals surface area (Å²) in [5, 5.41) is 91.4. The summed E-state index contributed by atoms with van der Waals surface area (Å²) in [7, 11) is 0. The topological polar surface area (TPSA) is 249 Å². The van der Waals surface area contributed by atoms with E-state index in [9.17, 15) is 50.8 Å². The van der Waals surface area contributed by atoms with Crippen LogP contribution < -0.4 is 10.2 Å². The van der Waals surface area contributed by atoms with Crippen molar-refractivity contribution in [1.29, 1.82) is 0 Å². The standard InChI is InChI=1S/C27H30O15/c1-9-17(30)20(33)23(36)26(39-9)38-8-15-18(31)21(34)24(37)27(42-15)40-12-6-13(29)16-14(7-12)41-25(22(35)19(16)32)10-2-4-11(28)5-3-10/h2-7,9,15,17-18,20-21,23-24,26-31,33-37H,8H2,1H3. The molecule has 2 aromatic carbocycles. The van der Waals surface area contributed by atoms with Crippen LogP contribution in [0.1, 0.15) is 6.92 Å². The molecule has 0 amide bonds. The molecule has 2 aliphatic rings. The van der Waals surface area contributed by atoms with Crippen molar-refractivity contribution >= 4 is 11.0 Å². The van der Waals surface area contributed by atoms with E-state index >= 15 is 0 Å². The molecule has 1 aromatic heterocycles. The Balaban J connectivity index is 1.37. The number of hydrogen-bond acceptors (Lipinski definition) is 15. The molecule has 0 aliphatic carbocycles. The Kier molecular flexibility index (Phi) is 8.30. The molecule has 10 atom stereocenters. The second kappa shape index (κ2) is 11.6. The lowest BCUT2D eigenvalue weighted by Crippen LogP contribution is -2.61. The van der Waals surface area contributed by atoms with Crippen LogP contribution in [-0.4, -0.2) is 114 Å². The number of hydrogen-bond donors (Lipinski definition) is 9. The molecule has 2 fully saturated rings. The van der Waals surface area contributed by atoms with Gasteiger partial charge in [0, 0.05) is 17.7 Å². The summed E-state index contributed by atoms with van der Waals surface area (Å²) < 4.78 is 27.7. The van der Waals surface area contributed by atoms with Gasteiger partial charge in [-0.15, -0.1) is 0 Å². The number of aromatic hydroxyl groups is 3. The summed E-state index contributed by atoms with van der Waals surface area (Å²) in [4.78, 5) is 12.8. The van der Waals surface area contributed by atoms with Crippen molar-refractivity contribution in [3.8, 4) is 34.3 Å². The summed E-state index contributed by atoms with van der Waals surface area (Å²) in [5.74, 6) is -1.95. The Hall–Kier alpha value is -3.51. The molecule has 10 unspecified atom stereocenters.